The van der Waals surface area contributed by atoms with Crippen molar-refractivity contribution in [3.63, 3.8) is 0 Å². The number of hydrogen-bond donors (Lipinski definition) is 1. The number of amides is 1. The van der Waals surface area contributed by atoms with Gasteiger partial charge in [0, 0.05) is 0 Å². The van der Waals surface area contributed by atoms with Crippen molar-refractivity contribution in [3.8, 4) is 22.6 Å². The molecule has 0 unspecified atom stereocenters. The molecule has 0 aliphatic rings. The van der Waals surface area contributed by atoms with Crippen molar-refractivity contribution < 1.29 is 18.3 Å². The zero-order chi connectivity index (χ0) is 23.5. The van der Waals surface area contributed by atoms with Gasteiger partial charge in [0.15, 0.2) is 0 Å². The lowest BCUT2D eigenvalue weighted by molar-refractivity contribution is 0.102. The van der Waals surface area contributed by atoms with Gasteiger partial charge in [-0.15, -0.1) is 0 Å². The van der Waals surface area contributed by atoms with Crippen molar-refractivity contribution in [2.75, 3.05) is 12.4 Å². The predicted molar refractivity (Wildman–Crippen MR) is 121 cm³/mol. The molecule has 0 aliphatic carbocycles. The number of nitrogens with zero attached hydrogens (tertiary/aromatic N) is 2. The molecule has 0 atom stereocenters. The summed E-state index contributed by atoms with van der Waals surface area (Å²) in [5.41, 5.74) is 0.594. The topological polar surface area (TPSA) is 73.2 Å². The van der Waals surface area contributed by atoms with Crippen LogP contribution in [0.4, 0.5) is 14.6 Å². The van der Waals surface area contributed by atoms with Gasteiger partial charge in [0.2, 0.25) is 5.43 Å². The number of nitrogens with one attached hydrogen (secondary N) is 1. The second-order valence-corrected chi connectivity index (χ2v) is 7.19. The third-order valence-corrected chi connectivity index (χ3v) is 5.05. The normalized spacial score (nSPS) is 10.7. The number of methoxy groups -OCH3 is 1. The van der Waals surface area contributed by atoms with Crippen molar-refractivity contribution in [1.29, 1.82) is 0 Å². The van der Waals surface area contributed by atoms with Crippen LogP contribution in [0.25, 0.3) is 16.8 Å². The fraction of sp³-hybridized carbons (Fsp3) is 0.0800. The summed E-state index contributed by atoms with van der Waals surface area (Å²) in [6, 6.07) is 17.6. The Balaban J connectivity index is 1.96. The molecule has 0 bridgehead atoms. The number of anilines is 1. The molecule has 1 amide bonds. The molecule has 6 nitrogen and oxygen atoms in total. The van der Waals surface area contributed by atoms with E-state index in [1.54, 1.807) is 24.3 Å². The first-order valence-corrected chi connectivity index (χ1v) is 9.99. The minimum absolute atomic E-state index is 0.0237. The van der Waals surface area contributed by atoms with Crippen molar-refractivity contribution in [1.82, 2.24) is 9.78 Å². The predicted octanol–water partition coefficient (Wildman–Crippen LogP) is 4.75. The molecule has 0 saturated carbocycles. The van der Waals surface area contributed by atoms with Gasteiger partial charge < -0.3 is 10.1 Å². The minimum atomic E-state index is -0.760. The average Bonchev–Trinajstić information content (AvgIpc) is 2.82. The zero-order valence-corrected chi connectivity index (χ0v) is 17.8. The van der Waals surface area contributed by atoms with Crippen LogP contribution in [0.2, 0.25) is 0 Å². The Morgan fingerprint density at radius 1 is 0.970 bits per heavy atom. The molecule has 0 saturated heterocycles. The molecule has 0 aliphatic heterocycles. The highest BCUT2D eigenvalue weighted by Gasteiger charge is 2.22. The van der Waals surface area contributed by atoms with Gasteiger partial charge >= 0.3 is 0 Å². The summed E-state index contributed by atoms with van der Waals surface area (Å²) >= 11 is 0. The van der Waals surface area contributed by atoms with Crippen LogP contribution in [0.3, 0.4) is 0 Å². The van der Waals surface area contributed by atoms with Gasteiger partial charge in [0.1, 0.15) is 28.9 Å². The van der Waals surface area contributed by atoms with Crippen LogP contribution >= 0.6 is 0 Å². The Hall–Kier alpha value is -4.33. The highest BCUT2D eigenvalue weighted by atomic mass is 19.1. The van der Waals surface area contributed by atoms with Crippen molar-refractivity contribution in [3.05, 3.63) is 106 Å². The first-order valence-electron chi connectivity index (χ1n) is 9.99. The molecule has 1 aromatic heterocycles. The lowest BCUT2D eigenvalue weighted by atomic mass is 10.0. The van der Waals surface area contributed by atoms with Crippen LogP contribution in [-0.4, -0.2) is 22.8 Å². The number of halogens is 2. The maximum absolute atomic E-state index is 14.3. The zero-order valence-electron chi connectivity index (χ0n) is 17.8. The van der Waals surface area contributed by atoms with E-state index in [2.05, 4.69) is 10.4 Å². The first-order chi connectivity index (χ1) is 15.9. The summed E-state index contributed by atoms with van der Waals surface area (Å²) in [5, 5.41) is 6.95. The molecule has 4 aromatic rings. The Bertz CT molecular complexity index is 1380. The highest BCUT2D eigenvalue weighted by Crippen LogP contribution is 2.29. The molecule has 3 aromatic carbocycles. The smallest absolute Gasteiger partial charge is 0.259 e. The van der Waals surface area contributed by atoms with Gasteiger partial charge in [0.25, 0.3) is 5.91 Å². The van der Waals surface area contributed by atoms with E-state index >= 15 is 0 Å². The van der Waals surface area contributed by atoms with Crippen molar-refractivity contribution >= 4 is 11.7 Å². The van der Waals surface area contributed by atoms with Gasteiger partial charge in [-0.1, -0.05) is 24.3 Å². The summed E-state index contributed by atoms with van der Waals surface area (Å²) in [6.45, 7) is 1.54. The second-order valence-electron chi connectivity index (χ2n) is 7.19. The number of benzene rings is 3. The quantitative estimate of drug-likeness (QED) is 0.479. The molecule has 8 heteroatoms. The van der Waals surface area contributed by atoms with Crippen LogP contribution in [0.15, 0.2) is 77.6 Å². The maximum Gasteiger partial charge on any atom is 0.259 e. The lowest BCUT2D eigenvalue weighted by Gasteiger charge is -2.18. The molecule has 166 valence electrons. The monoisotopic (exact) mass is 447 g/mol. The number of carbonyl (C=O) groups excluding carboxylic acids is 1. The fourth-order valence-corrected chi connectivity index (χ4v) is 3.37. The third-order valence-electron chi connectivity index (χ3n) is 5.05. The van der Waals surface area contributed by atoms with Gasteiger partial charge in [-0.25, -0.2) is 13.5 Å². The van der Waals surface area contributed by atoms with Crippen LogP contribution in [-0.2, 0) is 0 Å². The molecule has 1 N–H and O–H groups in total. The van der Waals surface area contributed by atoms with Crippen LogP contribution in [0, 0.1) is 18.6 Å². The highest BCUT2D eigenvalue weighted by molar-refractivity contribution is 6.06. The lowest BCUT2D eigenvalue weighted by Crippen LogP contribution is -2.25. The molecule has 0 radical (unpaired) electrons. The number of aromatic nitrogens is 2. The number of carbonyl (C=O) groups is 1. The molecular formula is C25H19F2N3O3. The average molecular weight is 447 g/mol. The Labute approximate surface area is 188 Å². The molecular weight excluding hydrogens is 428 g/mol. The Morgan fingerprint density at radius 2 is 1.64 bits per heavy atom. The van der Waals surface area contributed by atoms with Gasteiger partial charge in [-0.2, -0.15) is 5.10 Å². The molecule has 4 rings (SSSR count). The first kappa shape index (κ1) is 21.9. The van der Waals surface area contributed by atoms with Crippen LogP contribution < -0.4 is 15.5 Å². The maximum atomic E-state index is 14.3. The largest absolute Gasteiger partial charge is 0.497 e. The number of aryl methyl sites for hydroxylation is 1. The SMILES string of the molecule is COc1ccc(-c2c(NC(=O)c3ccccc3F)n(-c3ccc(F)cc3)nc(C)c2=O)cc1. The number of rotatable bonds is 5. The molecule has 33 heavy (non-hydrogen) atoms. The van der Waals surface area contributed by atoms with E-state index in [4.69, 9.17) is 4.74 Å². The van der Waals surface area contributed by atoms with Crippen LogP contribution in [0.5, 0.6) is 5.75 Å². The van der Waals surface area contributed by atoms with Gasteiger partial charge in [-0.3, -0.25) is 9.59 Å². The van der Waals surface area contributed by atoms with Crippen molar-refractivity contribution in [2.45, 2.75) is 6.92 Å². The van der Waals surface area contributed by atoms with E-state index in [-0.39, 0.29) is 22.6 Å². The number of hydrogen-bond acceptors (Lipinski definition) is 4. The van der Waals surface area contributed by atoms with E-state index in [9.17, 15) is 18.4 Å². The summed E-state index contributed by atoms with van der Waals surface area (Å²) in [5.74, 6) is -1.32. The van der Waals surface area contributed by atoms with Crippen LogP contribution in [0.1, 0.15) is 16.1 Å². The molecule has 1 heterocycles. The summed E-state index contributed by atoms with van der Waals surface area (Å²) in [6.07, 6.45) is 0. The van der Waals surface area contributed by atoms with E-state index in [1.807, 2.05) is 0 Å². The Kier molecular flexibility index (Phi) is 5.99. The number of ether oxygens (including phenoxy) is 1. The summed E-state index contributed by atoms with van der Waals surface area (Å²) in [4.78, 5) is 26.2. The van der Waals surface area contributed by atoms with E-state index in [0.717, 1.165) is 0 Å². The van der Waals surface area contributed by atoms with E-state index in [0.29, 0.717) is 17.0 Å². The summed E-state index contributed by atoms with van der Waals surface area (Å²) in [7, 11) is 1.52. The van der Waals surface area contributed by atoms with Gasteiger partial charge in [0.05, 0.1) is 23.9 Å². The van der Waals surface area contributed by atoms with Gasteiger partial charge in [-0.05, 0) is 61.0 Å². The second kappa shape index (κ2) is 9.04. The van der Waals surface area contributed by atoms with Crippen molar-refractivity contribution in [2.24, 2.45) is 0 Å². The summed E-state index contributed by atoms with van der Waals surface area (Å²) < 4.78 is 34.3. The Morgan fingerprint density at radius 3 is 2.27 bits per heavy atom. The molecule has 0 fully saturated rings. The standard InChI is InChI=1S/C25H19F2N3O3/c1-15-23(31)22(16-7-13-19(33-2)14-8-16)24(28-25(32)20-5-3-4-6-21(20)27)30(29-15)18-11-9-17(26)10-12-18/h3-14H,1-2H3,(H,28,32). The molecule has 0 spiro atoms. The third kappa shape index (κ3) is 4.36. The van der Waals surface area contributed by atoms with E-state index < -0.39 is 23.0 Å². The fourth-order valence-electron chi connectivity index (χ4n) is 3.37. The minimum Gasteiger partial charge on any atom is -0.497 e. The van der Waals surface area contributed by atoms with E-state index in [1.165, 1.54) is 67.2 Å².